The molecular weight excluding hydrogens is 268 g/mol. The van der Waals surface area contributed by atoms with Gasteiger partial charge in [-0.15, -0.1) is 0 Å². The van der Waals surface area contributed by atoms with Crippen molar-refractivity contribution in [3.63, 3.8) is 0 Å². The molecule has 0 amide bonds. The Labute approximate surface area is 133 Å². The average molecular weight is 292 g/mol. The molecule has 1 atom stereocenters. The third-order valence-corrected chi connectivity index (χ3v) is 4.38. The summed E-state index contributed by atoms with van der Waals surface area (Å²) in [6.07, 6.45) is 10.0. The zero-order valence-corrected chi connectivity index (χ0v) is 13.3. The summed E-state index contributed by atoms with van der Waals surface area (Å²) in [6, 6.07) is 14.9. The first kappa shape index (κ1) is 15.0. The first-order valence-corrected chi connectivity index (χ1v) is 8.16. The van der Waals surface area contributed by atoms with Gasteiger partial charge in [0.25, 0.3) is 0 Å². The van der Waals surface area contributed by atoms with Crippen LogP contribution in [0.2, 0.25) is 0 Å². The number of pyridine rings is 1. The number of hydrogen-bond acceptors (Lipinski definition) is 2. The summed E-state index contributed by atoms with van der Waals surface area (Å²) in [5.41, 5.74) is 4.16. The van der Waals surface area contributed by atoms with Crippen molar-refractivity contribution in [2.24, 2.45) is 5.92 Å². The average Bonchev–Trinajstić information content (AvgIpc) is 2.57. The second kappa shape index (κ2) is 7.37. The van der Waals surface area contributed by atoms with Gasteiger partial charge in [0.2, 0.25) is 0 Å². The van der Waals surface area contributed by atoms with Crippen LogP contribution in [0.4, 0.5) is 0 Å². The molecule has 1 aliphatic rings. The summed E-state index contributed by atoms with van der Waals surface area (Å²) in [4.78, 5) is 6.73. The van der Waals surface area contributed by atoms with Crippen LogP contribution in [0.3, 0.4) is 0 Å². The van der Waals surface area contributed by atoms with Crippen molar-refractivity contribution in [2.45, 2.75) is 25.8 Å². The lowest BCUT2D eigenvalue weighted by Gasteiger charge is -2.29. The fraction of sp³-hybridized carbons (Fsp3) is 0.350. The smallest absolute Gasteiger partial charge is 0.0343 e. The molecule has 22 heavy (non-hydrogen) atoms. The standard InChI is InChI=1S/C20H24N2/c1-22(15-17-8-3-2-4-9-17)16-19-10-5-6-12-20(19)18-11-7-13-21-14-18/h2-4,7-9,11-14,19H,5-6,10,15-16H2,1H3. The highest BCUT2D eigenvalue weighted by Gasteiger charge is 2.20. The quantitative estimate of drug-likeness (QED) is 0.812. The molecule has 0 saturated carbocycles. The predicted octanol–water partition coefficient (Wildman–Crippen LogP) is 4.40. The first-order chi connectivity index (χ1) is 10.8. The lowest BCUT2D eigenvalue weighted by molar-refractivity contribution is 0.285. The van der Waals surface area contributed by atoms with E-state index in [9.17, 15) is 0 Å². The zero-order chi connectivity index (χ0) is 15.2. The highest BCUT2D eigenvalue weighted by Crippen LogP contribution is 2.32. The van der Waals surface area contributed by atoms with E-state index in [0.29, 0.717) is 5.92 Å². The highest BCUT2D eigenvalue weighted by molar-refractivity contribution is 5.67. The van der Waals surface area contributed by atoms with Gasteiger partial charge in [-0.2, -0.15) is 0 Å². The second-order valence-electron chi connectivity index (χ2n) is 6.21. The highest BCUT2D eigenvalue weighted by atomic mass is 15.1. The minimum absolute atomic E-state index is 0.617. The Hall–Kier alpha value is -1.93. The Balaban J connectivity index is 1.68. The van der Waals surface area contributed by atoms with E-state index in [1.54, 1.807) is 0 Å². The van der Waals surface area contributed by atoms with Gasteiger partial charge in [0, 0.05) is 25.5 Å². The van der Waals surface area contributed by atoms with Crippen LogP contribution in [0, 0.1) is 5.92 Å². The predicted molar refractivity (Wildman–Crippen MR) is 92.3 cm³/mol. The molecule has 1 aromatic carbocycles. The van der Waals surface area contributed by atoms with E-state index in [0.717, 1.165) is 13.1 Å². The maximum Gasteiger partial charge on any atom is 0.0343 e. The number of rotatable bonds is 5. The van der Waals surface area contributed by atoms with Gasteiger partial charge < -0.3 is 4.90 Å². The van der Waals surface area contributed by atoms with Crippen molar-refractivity contribution in [1.29, 1.82) is 0 Å². The lowest BCUT2D eigenvalue weighted by Crippen LogP contribution is -2.27. The third kappa shape index (κ3) is 3.83. The van der Waals surface area contributed by atoms with Crippen molar-refractivity contribution in [2.75, 3.05) is 13.6 Å². The monoisotopic (exact) mass is 292 g/mol. The molecule has 1 aromatic heterocycles. The maximum atomic E-state index is 4.29. The molecule has 1 heterocycles. The third-order valence-electron chi connectivity index (χ3n) is 4.38. The number of hydrogen-bond donors (Lipinski definition) is 0. The molecule has 1 unspecified atom stereocenters. The summed E-state index contributed by atoms with van der Waals surface area (Å²) < 4.78 is 0. The number of aromatic nitrogens is 1. The molecule has 2 nitrogen and oxygen atoms in total. The minimum atomic E-state index is 0.617. The Morgan fingerprint density at radius 1 is 1.14 bits per heavy atom. The summed E-state index contributed by atoms with van der Waals surface area (Å²) in [7, 11) is 2.22. The largest absolute Gasteiger partial charge is 0.302 e. The SMILES string of the molecule is CN(Cc1ccccc1)CC1CCCC=C1c1cccnc1. The van der Waals surface area contributed by atoms with Gasteiger partial charge in [0.05, 0.1) is 0 Å². The van der Waals surface area contributed by atoms with Crippen molar-refractivity contribution in [1.82, 2.24) is 9.88 Å². The Morgan fingerprint density at radius 3 is 2.77 bits per heavy atom. The first-order valence-electron chi connectivity index (χ1n) is 8.16. The van der Waals surface area contributed by atoms with E-state index < -0.39 is 0 Å². The van der Waals surface area contributed by atoms with Crippen LogP contribution < -0.4 is 0 Å². The van der Waals surface area contributed by atoms with Crippen molar-refractivity contribution < 1.29 is 0 Å². The topological polar surface area (TPSA) is 16.1 Å². The van der Waals surface area contributed by atoms with Gasteiger partial charge in [0.15, 0.2) is 0 Å². The van der Waals surface area contributed by atoms with Crippen LogP contribution in [0.5, 0.6) is 0 Å². The summed E-state index contributed by atoms with van der Waals surface area (Å²) in [5, 5.41) is 0. The van der Waals surface area contributed by atoms with Gasteiger partial charge in [-0.25, -0.2) is 0 Å². The van der Waals surface area contributed by atoms with Crippen LogP contribution >= 0.6 is 0 Å². The molecule has 3 rings (SSSR count). The van der Waals surface area contributed by atoms with Crippen molar-refractivity contribution in [3.8, 4) is 0 Å². The van der Waals surface area contributed by atoms with Crippen LogP contribution in [0.15, 0.2) is 60.9 Å². The molecule has 0 aliphatic heterocycles. The van der Waals surface area contributed by atoms with Gasteiger partial charge >= 0.3 is 0 Å². The van der Waals surface area contributed by atoms with Gasteiger partial charge in [-0.05, 0) is 55.0 Å². The molecule has 0 N–H and O–H groups in total. The van der Waals surface area contributed by atoms with Crippen LogP contribution in [0.25, 0.3) is 5.57 Å². The fourth-order valence-electron chi connectivity index (χ4n) is 3.36. The Kier molecular flexibility index (Phi) is 5.02. The van der Waals surface area contributed by atoms with Crippen molar-refractivity contribution >= 4 is 5.57 Å². The Morgan fingerprint density at radius 2 is 2.00 bits per heavy atom. The second-order valence-corrected chi connectivity index (χ2v) is 6.21. The van der Waals surface area contributed by atoms with Gasteiger partial charge in [0.1, 0.15) is 0 Å². The molecule has 0 spiro atoms. The van der Waals surface area contributed by atoms with E-state index in [1.807, 2.05) is 18.5 Å². The molecule has 114 valence electrons. The number of nitrogens with zero attached hydrogens (tertiary/aromatic N) is 2. The van der Waals surface area contributed by atoms with E-state index in [1.165, 1.54) is 36.0 Å². The number of benzene rings is 1. The molecule has 0 saturated heterocycles. The molecule has 0 fully saturated rings. The summed E-state index contributed by atoms with van der Waals surface area (Å²) in [6.45, 7) is 2.12. The molecule has 2 heteroatoms. The molecule has 0 bridgehead atoms. The Bertz CT molecular complexity index is 604. The van der Waals surface area contributed by atoms with Crippen molar-refractivity contribution in [3.05, 3.63) is 72.1 Å². The van der Waals surface area contributed by atoms with Crippen LogP contribution in [-0.2, 0) is 6.54 Å². The van der Waals surface area contributed by atoms with E-state index in [-0.39, 0.29) is 0 Å². The number of allylic oxidation sites excluding steroid dienone is 1. The normalized spacial score (nSPS) is 18.3. The van der Waals surface area contributed by atoms with Gasteiger partial charge in [-0.1, -0.05) is 42.5 Å². The minimum Gasteiger partial charge on any atom is -0.302 e. The fourth-order valence-corrected chi connectivity index (χ4v) is 3.36. The molecule has 0 radical (unpaired) electrons. The van der Waals surface area contributed by atoms with E-state index in [4.69, 9.17) is 0 Å². The van der Waals surface area contributed by atoms with E-state index >= 15 is 0 Å². The molecular formula is C20H24N2. The van der Waals surface area contributed by atoms with Crippen LogP contribution in [-0.4, -0.2) is 23.5 Å². The maximum absolute atomic E-state index is 4.29. The molecule has 1 aliphatic carbocycles. The summed E-state index contributed by atoms with van der Waals surface area (Å²) >= 11 is 0. The van der Waals surface area contributed by atoms with E-state index in [2.05, 4.69) is 59.4 Å². The zero-order valence-electron chi connectivity index (χ0n) is 13.3. The van der Waals surface area contributed by atoms with Gasteiger partial charge in [-0.3, -0.25) is 4.98 Å². The molecule has 2 aromatic rings. The lowest BCUT2D eigenvalue weighted by atomic mass is 9.84. The summed E-state index contributed by atoms with van der Waals surface area (Å²) in [5.74, 6) is 0.617. The van der Waals surface area contributed by atoms with Crippen LogP contribution in [0.1, 0.15) is 30.4 Å².